The molecular weight excluding hydrogens is 264 g/mol. The van der Waals surface area contributed by atoms with E-state index in [1.54, 1.807) is 24.3 Å². The summed E-state index contributed by atoms with van der Waals surface area (Å²) in [7, 11) is 0. The molecule has 6 nitrogen and oxygen atoms in total. The smallest absolute Gasteiger partial charge is 0.232 e. The van der Waals surface area contributed by atoms with Gasteiger partial charge >= 0.3 is 0 Å². The average Bonchev–Trinajstić information content (AvgIpc) is 2.50. The number of hydrogen-bond acceptors (Lipinski definition) is 6. The third-order valence-corrected chi connectivity index (χ3v) is 2.41. The third-order valence-electron chi connectivity index (χ3n) is 2.41. The molecule has 1 rings (SSSR count). The van der Waals surface area contributed by atoms with Gasteiger partial charge in [-0.2, -0.15) is 15.0 Å². The van der Waals surface area contributed by atoms with Crippen LogP contribution in [0.2, 0.25) is 0 Å². The Bertz CT molecular complexity index is 457. The Labute approximate surface area is 126 Å². The van der Waals surface area contributed by atoms with Gasteiger partial charge < -0.3 is 15.5 Å². The minimum Gasteiger partial charge on any atom is -0.351 e. The molecule has 112 valence electrons. The van der Waals surface area contributed by atoms with Crippen molar-refractivity contribution in [2.45, 2.75) is 0 Å². The maximum Gasteiger partial charge on any atom is 0.232 e. The highest BCUT2D eigenvalue weighted by Crippen LogP contribution is 2.13. The minimum absolute atomic E-state index is 0.490. The lowest BCUT2D eigenvalue weighted by molar-refractivity contribution is 0.873. The summed E-state index contributed by atoms with van der Waals surface area (Å²) in [5, 5.41) is 6.13. The van der Waals surface area contributed by atoms with Crippen LogP contribution >= 0.6 is 0 Å². The van der Waals surface area contributed by atoms with Gasteiger partial charge in [-0.25, -0.2) is 0 Å². The Morgan fingerprint density at radius 3 is 1.62 bits per heavy atom. The molecule has 21 heavy (non-hydrogen) atoms. The number of nitrogens with one attached hydrogen (secondary N) is 2. The van der Waals surface area contributed by atoms with Crippen LogP contribution in [-0.4, -0.2) is 41.1 Å². The van der Waals surface area contributed by atoms with Crippen molar-refractivity contribution < 1.29 is 0 Å². The lowest BCUT2D eigenvalue weighted by Gasteiger charge is -2.20. The van der Waals surface area contributed by atoms with Gasteiger partial charge in [0.1, 0.15) is 0 Å². The maximum atomic E-state index is 4.40. The van der Waals surface area contributed by atoms with E-state index in [1.807, 2.05) is 4.90 Å². The van der Waals surface area contributed by atoms with Crippen molar-refractivity contribution in [3.05, 3.63) is 50.6 Å². The van der Waals surface area contributed by atoms with Crippen LogP contribution in [0.4, 0.5) is 17.8 Å². The summed E-state index contributed by atoms with van der Waals surface area (Å²) in [5.74, 6) is 1.54. The summed E-state index contributed by atoms with van der Waals surface area (Å²) in [4.78, 5) is 15.0. The minimum atomic E-state index is 0.490. The zero-order valence-corrected chi connectivity index (χ0v) is 12.3. The molecule has 0 radical (unpaired) electrons. The van der Waals surface area contributed by atoms with Crippen LogP contribution in [0.3, 0.4) is 0 Å². The van der Waals surface area contributed by atoms with Crippen molar-refractivity contribution in [1.29, 1.82) is 0 Å². The van der Waals surface area contributed by atoms with Crippen LogP contribution in [0.5, 0.6) is 0 Å². The summed E-state index contributed by atoms with van der Waals surface area (Å²) >= 11 is 0. The first-order valence-electron chi connectivity index (χ1n) is 6.67. The van der Waals surface area contributed by atoms with Crippen LogP contribution in [0, 0.1) is 0 Å². The van der Waals surface area contributed by atoms with E-state index in [-0.39, 0.29) is 0 Å². The molecule has 0 atom stereocenters. The zero-order valence-electron chi connectivity index (χ0n) is 12.3. The van der Waals surface area contributed by atoms with Crippen LogP contribution < -0.4 is 15.5 Å². The second kappa shape index (κ2) is 9.30. The highest BCUT2D eigenvalue weighted by atomic mass is 15.3. The highest BCUT2D eigenvalue weighted by molar-refractivity contribution is 5.45. The Morgan fingerprint density at radius 2 is 1.24 bits per heavy atom. The Balaban J connectivity index is 3.07. The topological polar surface area (TPSA) is 66.0 Å². The first kappa shape index (κ1) is 16.4. The molecule has 0 aliphatic carbocycles. The first-order chi connectivity index (χ1) is 10.2. The second-order valence-electron chi connectivity index (χ2n) is 4.10. The summed E-state index contributed by atoms with van der Waals surface area (Å²) in [6.07, 6.45) is 7.07. The van der Waals surface area contributed by atoms with Gasteiger partial charge in [0.2, 0.25) is 17.8 Å². The SMILES string of the molecule is C=CCNc1nc(NCC=C)nc(N(CC=C)CC=C)n1. The molecule has 1 heterocycles. The van der Waals surface area contributed by atoms with Crippen LogP contribution in [-0.2, 0) is 0 Å². The Kier molecular flexibility index (Phi) is 7.28. The Morgan fingerprint density at radius 1 is 0.762 bits per heavy atom. The van der Waals surface area contributed by atoms with Crippen molar-refractivity contribution >= 4 is 17.8 Å². The normalized spacial score (nSPS) is 9.52. The highest BCUT2D eigenvalue weighted by Gasteiger charge is 2.11. The van der Waals surface area contributed by atoms with Crippen LogP contribution in [0.25, 0.3) is 0 Å². The predicted molar refractivity (Wildman–Crippen MR) is 89.8 cm³/mol. The van der Waals surface area contributed by atoms with E-state index in [0.29, 0.717) is 44.0 Å². The van der Waals surface area contributed by atoms with Gasteiger partial charge in [0, 0.05) is 26.2 Å². The van der Waals surface area contributed by atoms with Crippen molar-refractivity contribution in [3.8, 4) is 0 Å². The fourth-order valence-electron chi connectivity index (χ4n) is 1.54. The molecule has 0 aliphatic heterocycles. The number of hydrogen-bond donors (Lipinski definition) is 2. The summed E-state index contributed by atoms with van der Waals surface area (Å²) < 4.78 is 0. The first-order valence-corrected chi connectivity index (χ1v) is 6.67. The quantitative estimate of drug-likeness (QED) is 0.608. The Hall–Kier alpha value is -2.63. The van der Waals surface area contributed by atoms with Gasteiger partial charge in [0.05, 0.1) is 0 Å². The number of nitrogens with zero attached hydrogens (tertiary/aromatic N) is 4. The molecule has 6 heteroatoms. The predicted octanol–water partition coefficient (Wildman–Crippen LogP) is 2.25. The van der Waals surface area contributed by atoms with Crippen molar-refractivity contribution in [2.75, 3.05) is 41.7 Å². The van der Waals surface area contributed by atoms with Crippen LogP contribution in [0.15, 0.2) is 50.6 Å². The monoisotopic (exact) mass is 286 g/mol. The fraction of sp³-hybridized carbons (Fsp3) is 0.267. The number of aromatic nitrogens is 3. The van der Waals surface area contributed by atoms with E-state index in [9.17, 15) is 0 Å². The van der Waals surface area contributed by atoms with E-state index in [2.05, 4.69) is 51.9 Å². The summed E-state index contributed by atoms with van der Waals surface area (Å²) in [5.41, 5.74) is 0. The molecule has 0 fully saturated rings. The molecule has 0 aromatic carbocycles. The van der Waals surface area contributed by atoms with Gasteiger partial charge in [-0.05, 0) is 0 Å². The molecule has 0 aliphatic rings. The lowest BCUT2D eigenvalue weighted by atomic mass is 10.4. The third kappa shape index (κ3) is 5.48. The molecule has 1 aromatic heterocycles. The molecule has 1 aromatic rings. The van der Waals surface area contributed by atoms with E-state index in [0.717, 1.165) is 0 Å². The van der Waals surface area contributed by atoms with E-state index in [1.165, 1.54) is 0 Å². The van der Waals surface area contributed by atoms with E-state index >= 15 is 0 Å². The molecule has 0 amide bonds. The van der Waals surface area contributed by atoms with Gasteiger partial charge in [-0.3, -0.25) is 0 Å². The van der Waals surface area contributed by atoms with Gasteiger partial charge in [0.15, 0.2) is 0 Å². The van der Waals surface area contributed by atoms with Gasteiger partial charge in [0.25, 0.3) is 0 Å². The fourth-order valence-corrected chi connectivity index (χ4v) is 1.54. The van der Waals surface area contributed by atoms with E-state index in [4.69, 9.17) is 0 Å². The van der Waals surface area contributed by atoms with Gasteiger partial charge in [-0.15, -0.1) is 26.3 Å². The van der Waals surface area contributed by atoms with Crippen molar-refractivity contribution in [2.24, 2.45) is 0 Å². The summed E-state index contributed by atoms with van der Waals surface area (Å²) in [6, 6.07) is 0. The number of anilines is 3. The molecule has 0 saturated carbocycles. The van der Waals surface area contributed by atoms with Crippen LogP contribution in [0.1, 0.15) is 0 Å². The number of rotatable bonds is 11. The molecule has 2 N–H and O–H groups in total. The molecular formula is C15H22N6. The largest absolute Gasteiger partial charge is 0.351 e. The molecule has 0 spiro atoms. The average molecular weight is 286 g/mol. The zero-order chi connectivity index (χ0) is 15.5. The lowest BCUT2D eigenvalue weighted by Crippen LogP contribution is -2.26. The second-order valence-corrected chi connectivity index (χ2v) is 4.10. The molecule has 0 saturated heterocycles. The van der Waals surface area contributed by atoms with E-state index < -0.39 is 0 Å². The molecule has 0 unspecified atom stereocenters. The maximum absolute atomic E-state index is 4.40. The standard InChI is InChI=1S/C15H22N6/c1-5-9-16-13-18-14(17-10-6-2)20-15(19-13)21(11-7-3)12-8-4/h5-8H,1-4,9-12H2,(H2,16,17,18,19,20). The van der Waals surface area contributed by atoms with Gasteiger partial charge in [-0.1, -0.05) is 24.3 Å². The summed E-state index contributed by atoms with van der Waals surface area (Å²) in [6.45, 7) is 17.2. The van der Waals surface area contributed by atoms with Crippen molar-refractivity contribution in [3.63, 3.8) is 0 Å². The molecule has 0 bridgehead atoms. The van der Waals surface area contributed by atoms with Crippen molar-refractivity contribution in [1.82, 2.24) is 15.0 Å².